The van der Waals surface area contributed by atoms with Crippen LogP contribution in [0.5, 0.6) is 0 Å². The first kappa shape index (κ1) is 21.2. The molecule has 0 aromatic carbocycles. The quantitative estimate of drug-likeness (QED) is 0.547. The van der Waals surface area contributed by atoms with Crippen LogP contribution in [0, 0.1) is 0 Å². The van der Waals surface area contributed by atoms with Crippen molar-refractivity contribution in [3.05, 3.63) is 0 Å². The van der Waals surface area contributed by atoms with E-state index < -0.39 is 5.79 Å². The Labute approximate surface area is 176 Å². The Balaban J connectivity index is 1.43. The molecule has 0 bridgehead atoms. The van der Waals surface area contributed by atoms with Gasteiger partial charge in [0.05, 0.1) is 6.34 Å². The number of hydrogen-bond donors (Lipinski definition) is 2. The van der Waals surface area contributed by atoms with Crippen LogP contribution < -0.4 is 11.1 Å². The standard InChI is InChI=1S/C19H31N7O4/c1-19(2)29-14-11(8-25(4)7-5-6-12(27)21-3)28-18(15(14)30-19)26-10-24-13-16(20)22-9-23-17(13)26/h9-11,13-15,17-18H,5-8H2,1-4H3,(H,21,27)(H2,20,22,23)/t11?,13?,14-,15?,17?,18?/m1/s1. The molecule has 0 spiro atoms. The van der Waals surface area contributed by atoms with E-state index in [9.17, 15) is 4.79 Å². The van der Waals surface area contributed by atoms with Gasteiger partial charge in [-0.2, -0.15) is 0 Å². The van der Waals surface area contributed by atoms with Gasteiger partial charge in [0.1, 0.15) is 36.5 Å². The number of carbonyl (C=O) groups is 1. The van der Waals surface area contributed by atoms with E-state index in [4.69, 9.17) is 19.9 Å². The number of rotatable bonds is 7. The lowest BCUT2D eigenvalue weighted by Gasteiger charge is -2.33. The number of nitrogens with one attached hydrogen (secondary N) is 1. The summed E-state index contributed by atoms with van der Waals surface area (Å²) in [6.07, 6.45) is 3.14. The SMILES string of the molecule is CNC(=O)CCCN(C)CC1OC(N2C=NC3C(N)=NC=NC32)C2OC(C)(C)O[C@H]12. The third-order valence-electron chi connectivity index (χ3n) is 5.81. The molecule has 0 radical (unpaired) electrons. The van der Waals surface area contributed by atoms with Crippen LogP contribution in [-0.4, -0.2) is 104 Å². The van der Waals surface area contributed by atoms with E-state index in [2.05, 4.69) is 25.2 Å². The van der Waals surface area contributed by atoms with Crippen LogP contribution in [-0.2, 0) is 19.0 Å². The Morgan fingerprint density at radius 1 is 1.33 bits per heavy atom. The molecular weight excluding hydrogens is 390 g/mol. The minimum Gasteiger partial charge on any atom is -0.385 e. The minimum absolute atomic E-state index is 0.0497. The number of aliphatic imine (C=N–C) groups is 3. The summed E-state index contributed by atoms with van der Waals surface area (Å²) in [6, 6.07) is -0.307. The van der Waals surface area contributed by atoms with Crippen LogP contribution in [0.25, 0.3) is 0 Å². The molecule has 3 N–H and O–H groups in total. The Morgan fingerprint density at radius 2 is 2.10 bits per heavy atom. The van der Waals surface area contributed by atoms with Gasteiger partial charge < -0.3 is 35.1 Å². The highest BCUT2D eigenvalue weighted by molar-refractivity contribution is 5.96. The second-order valence-electron chi connectivity index (χ2n) is 8.56. The Bertz CT molecular complexity index is 755. The third-order valence-corrected chi connectivity index (χ3v) is 5.81. The fourth-order valence-corrected chi connectivity index (χ4v) is 4.38. The lowest BCUT2D eigenvalue weighted by molar-refractivity contribution is -0.202. The topological polar surface area (TPSA) is 126 Å². The molecule has 0 saturated carbocycles. The first-order valence-electron chi connectivity index (χ1n) is 10.3. The summed E-state index contributed by atoms with van der Waals surface area (Å²) in [5.41, 5.74) is 5.99. The number of ether oxygens (including phenoxy) is 3. The maximum atomic E-state index is 11.4. The molecule has 4 aliphatic heterocycles. The number of nitrogens with zero attached hydrogens (tertiary/aromatic N) is 5. The van der Waals surface area contributed by atoms with Gasteiger partial charge in [-0.1, -0.05) is 0 Å². The van der Waals surface area contributed by atoms with Gasteiger partial charge in [-0.3, -0.25) is 9.79 Å². The van der Waals surface area contributed by atoms with Crippen molar-refractivity contribution in [2.75, 3.05) is 27.2 Å². The average Bonchev–Trinajstić information content (AvgIpc) is 3.34. The third kappa shape index (κ3) is 4.07. The molecule has 2 saturated heterocycles. The number of nitrogens with two attached hydrogens (primary N) is 1. The second kappa shape index (κ2) is 8.22. The maximum absolute atomic E-state index is 11.4. The zero-order valence-corrected chi connectivity index (χ0v) is 17.9. The molecule has 4 heterocycles. The second-order valence-corrected chi connectivity index (χ2v) is 8.56. The molecule has 5 unspecified atom stereocenters. The molecule has 4 aliphatic rings. The van der Waals surface area contributed by atoms with Gasteiger partial charge in [-0.15, -0.1) is 0 Å². The van der Waals surface area contributed by atoms with Crippen molar-refractivity contribution in [2.24, 2.45) is 20.7 Å². The fraction of sp³-hybridized carbons (Fsp3) is 0.789. The first-order chi connectivity index (χ1) is 14.3. The maximum Gasteiger partial charge on any atom is 0.219 e. The van der Waals surface area contributed by atoms with Gasteiger partial charge in [0.25, 0.3) is 0 Å². The van der Waals surface area contributed by atoms with Crippen molar-refractivity contribution >= 4 is 24.4 Å². The first-order valence-corrected chi connectivity index (χ1v) is 10.3. The van der Waals surface area contributed by atoms with Crippen LogP contribution in [0.1, 0.15) is 26.7 Å². The summed E-state index contributed by atoms with van der Waals surface area (Å²) in [4.78, 5) is 28.5. The molecule has 1 amide bonds. The number of amidine groups is 1. The lowest BCUT2D eigenvalue weighted by atomic mass is 10.1. The largest absolute Gasteiger partial charge is 0.385 e. The molecule has 11 nitrogen and oxygen atoms in total. The molecule has 0 aliphatic carbocycles. The van der Waals surface area contributed by atoms with Crippen LogP contribution in [0.3, 0.4) is 0 Å². The van der Waals surface area contributed by atoms with Gasteiger partial charge in [0.2, 0.25) is 5.91 Å². The van der Waals surface area contributed by atoms with Crippen LogP contribution in [0.4, 0.5) is 0 Å². The highest BCUT2D eigenvalue weighted by Crippen LogP contribution is 2.41. The molecule has 30 heavy (non-hydrogen) atoms. The summed E-state index contributed by atoms with van der Waals surface area (Å²) in [7, 11) is 3.67. The summed E-state index contributed by atoms with van der Waals surface area (Å²) in [5, 5.41) is 2.65. The van der Waals surface area contributed by atoms with Gasteiger partial charge in [0.15, 0.2) is 18.2 Å². The highest BCUT2D eigenvalue weighted by atomic mass is 16.8. The lowest BCUT2D eigenvalue weighted by Crippen LogP contribution is -2.51. The van der Waals surface area contributed by atoms with E-state index in [0.29, 0.717) is 18.8 Å². The van der Waals surface area contributed by atoms with Gasteiger partial charge in [0, 0.05) is 20.0 Å². The predicted octanol–water partition coefficient (Wildman–Crippen LogP) is -0.873. The summed E-state index contributed by atoms with van der Waals surface area (Å²) < 4.78 is 18.8. The van der Waals surface area contributed by atoms with Crippen molar-refractivity contribution in [3.8, 4) is 0 Å². The molecule has 166 valence electrons. The summed E-state index contributed by atoms with van der Waals surface area (Å²) in [6.45, 7) is 5.27. The number of amides is 1. The van der Waals surface area contributed by atoms with Crippen molar-refractivity contribution in [1.29, 1.82) is 0 Å². The highest BCUT2D eigenvalue weighted by Gasteiger charge is 2.58. The normalized spacial score (nSPS) is 36.2. The van der Waals surface area contributed by atoms with E-state index in [1.54, 1.807) is 13.4 Å². The molecule has 4 rings (SSSR count). The summed E-state index contributed by atoms with van der Waals surface area (Å²) >= 11 is 0. The van der Waals surface area contributed by atoms with Crippen LogP contribution >= 0.6 is 0 Å². The Morgan fingerprint density at radius 3 is 2.87 bits per heavy atom. The van der Waals surface area contributed by atoms with E-state index in [-0.39, 0.29) is 42.7 Å². The smallest absolute Gasteiger partial charge is 0.219 e. The monoisotopic (exact) mass is 421 g/mol. The fourth-order valence-electron chi connectivity index (χ4n) is 4.38. The van der Waals surface area contributed by atoms with Gasteiger partial charge >= 0.3 is 0 Å². The number of carbonyl (C=O) groups excluding carboxylic acids is 1. The predicted molar refractivity (Wildman–Crippen MR) is 111 cm³/mol. The molecule has 11 heteroatoms. The zero-order chi connectivity index (χ0) is 21.5. The van der Waals surface area contributed by atoms with Crippen molar-refractivity contribution in [3.63, 3.8) is 0 Å². The number of hydrogen-bond acceptors (Lipinski definition) is 10. The van der Waals surface area contributed by atoms with E-state index in [1.807, 2.05) is 25.8 Å². The average molecular weight is 422 g/mol. The van der Waals surface area contributed by atoms with Crippen LogP contribution in [0.2, 0.25) is 0 Å². The van der Waals surface area contributed by atoms with Crippen LogP contribution in [0.15, 0.2) is 15.0 Å². The zero-order valence-electron chi connectivity index (χ0n) is 17.9. The van der Waals surface area contributed by atoms with Gasteiger partial charge in [-0.05, 0) is 33.9 Å². The minimum atomic E-state index is -0.694. The summed E-state index contributed by atoms with van der Waals surface area (Å²) in [5.74, 6) is -0.201. The van der Waals surface area contributed by atoms with E-state index in [1.165, 1.54) is 6.34 Å². The molecule has 0 aromatic heterocycles. The van der Waals surface area contributed by atoms with Crippen molar-refractivity contribution in [2.45, 2.75) is 69.2 Å². The molecular formula is C19H31N7O4. The van der Waals surface area contributed by atoms with Crippen molar-refractivity contribution < 1.29 is 19.0 Å². The van der Waals surface area contributed by atoms with Gasteiger partial charge in [-0.25, -0.2) is 9.98 Å². The number of likely N-dealkylation sites (N-methyl/N-ethyl adjacent to an activating group) is 1. The number of fused-ring (bicyclic) bond motifs is 2. The molecule has 6 atom stereocenters. The Hall–Kier alpha value is -2.08. The van der Waals surface area contributed by atoms with Crippen molar-refractivity contribution in [1.82, 2.24) is 15.1 Å². The van der Waals surface area contributed by atoms with E-state index >= 15 is 0 Å². The van der Waals surface area contributed by atoms with E-state index in [0.717, 1.165) is 13.0 Å². The molecule has 2 fully saturated rings. The molecule has 0 aromatic rings. The Kier molecular flexibility index (Phi) is 5.80.